The summed E-state index contributed by atoms with van der Waals surface area (Å²) in [6, 6.07) is 15.5. The highest BCUT2D eigenvalue weighted by molar-refractivity contribution is 6.77. The van der Waals surface area contributed by atoms with E-state index in [1.807, 2.05) is 24.3 Å². The van der Waals surface area contributed by atoms with E-state index in [0.717, 1.165) is 24.2 Å². The monoisotopic (exact) mass is 784 g/mol. The summed E-state index contributed by atoms with van der Waals surface area (Å²) in [7, 11) is -0.783. The summed E-state index contributed by atoms with van der Waals surface area (Å²) in [6.45, 7) is 14.6. The standard InChI is InChI=1S/C39H49ClN10O4Si/c1-23(2)55(24(3)4,25(5)6)54-34-22-48(15-14-31(34)45-39(51)52)33-17-27(18-41)16-32(35(33)40)44-38-46-37(36-43-20-29(19-42)50(36)47-38)49(28-10-11-28)21-26-8-12-30(53-7)13-9-26/h8-9,12-13,16-17,20,23-25,28,31,34,45H,10-11,14-15,21-22H2,1-7H3,(H,44,47)(H,51,52)/t31-,34+/m1/s1. The Kier molecular flexibility index (Phi) is 11.8. The Hall–Kier alpha value is -5.09. The van der Waals surface area contributed by atoms with Gasteiger partial charge in [0.05, 0.1) is 53.5 Å². The van der Waals surface area contributed by atoms with Crippen molar-refractivity contribution < 1.29 is 19.1 Å². The van der Waals surface area contributed by atoms with Crippen molar-refractivity contribution >= 4 is 54.8 Å². The van der Waals surface area contributed by atoms with Crippen LogP contribution in [0, 0.1) is 22.7 Å². The van der Waals surface area contributed by atoms with E-state index in [0.29, 0.717) is 76.1 Å². The minimum absolute atomic E-state index is 0.174. The average Bonchev–Trinajstić information content (AvgIpc) is 3.92. The number of methoxy groups -OCH3 is 1. The van der Waals surface area contributed by atoms with Crippen molar-refractivity contribution in [3.05, 3.63) is 64.4 Å². The van der Waals surface area contributed by atoms with E-state index < -0.39 is 26.6 Å². The molecule has 1 saturated carbocycles. The van der Waals surface area contributed by atoms with Crippen LogP contribution in [0.2, 0.25) is 21.6 Å². The molecule has 2 aliphatic rings. The van der Waals surface area contributed by atoms with E-state index in [1.165, 1.54) is 10.7 Å². The van der Waals surface area contributed by atoms with Gasteiger partial charge in [0.2, 0.25) is 14.3 Å². The smallest absolute Gasteiger partial charge is 0.404 e. The van der Waals surface area contributed by atoms with E-state index in [1.54, 1.807) is 19.2 Å². The molecule has 3 heterocycles. The quantitative estimate of drug-likeness (QED) is 0.106. The van der Waals surface area contributed by atoms with Gasteiger partial charge in [-0.1, -0.05) is 65.3 Å². The predicted octanol–water partition coefficient (Wildman–Crippen LogP) is 7.85. The lowest BCUT2D eigenvalue weighted by Gasteiger charge is -2.49. The number of piperidine rings is 1. The molecule has 2 aromatic heterocycles. The maximum atomic E-state index is 11.9. The van der Waals surface area contributed by atoms with Gasteiger partial charge in [-0.15, -0.1) is 5.10 Å². The summed E-state index contributed by atoms with van der Waals surface area (Å²) in [5, 5.41) is 40.9. The van der Waals surface area contributed by atoms with Crippen LogP contribution in [0.3, 0.4) is 0 Å². The van der Waals surface area contributed by atoms with Gasteiger partial charge in [-0.25, -0.2) is 9.78 Å². The zero-order valence-electron chi connectivity index (χ0n) is 32.4. The second kappa shape index (κ2) is 16.3. The molecule has 0 unspecified atom stereocenters. The van der Waals surface area contributed by atoms with Gasteiger partial charge in [0, 0.05) is 25.7 Å². The highest BCUT2D eigenvalue weighted by Gasteiger charge is 2.49. The minimum atomic E-state index is -2.42. The number of aromatic nitrogens is 4. The van der Waals surface area contributed by atoms with Crippen molar-refractivity contribution in [2.75, 3.05) is 35.3 Å². The highest BCUT2D eigenvalue weighted by Crippen LogP contribution is 2.45. The second-order valence-electron chi connectivity index (χ2n) is 15.3. The molecule has 4 aromatic rings. The molecule has 0 radical (unpaired) electrons. The molecule has 14 nitrogen and oxygen atoms in total. The van der Waals surface area contributed by atoms with E-state index in [-0.39, 0.29) is 17.7 Å². The van der Waals surface area contributed by atoms with Gasteiger partial charge in [-0.05, 0) is 65.7 Å². The average molecular weight is 785 g/mol. The molecule has 6 rings (SSSR count). The van der Waals surface area contributed by atoms with Crippen LogP contribution in [0.25, 0.3) is 5.65 Å². The van der Waals surface area contributed by atoms with Gasteiger partial charge in [-0.2, -0.15) is 20.0 Å². The number of hydrogen-bond acceptors (Lipinski definition) is 11. The molecule has 290 valence electrons. The van der Waals surface area contributed by atoms with Gasteiger partial charge in [0.15, 0.2) is 17.2 Å². The first kappa shape index (κ1) is 39.6. The van der Waals surface area contributed by atoms with Gasteiger partial charge in [0.1, 0.15) is 11.8 Å². The van der Waals surface area contributed by atoms with Crippen LogP contribution in [0.1, 0.15) is 77.6 Å². The van der Waals surface area contributed by atoms with Crippen molar-refractivity contribution in [2.24, 2.45) is 0 Å². The SMILES string of the molecule is COc1ccc(CN(c2nc(Nc3cc(C#N)cc(N4CC[C@@H](NC(=O)O)[C@@H](O[Si](C(C)C)(C(C)C)C(C)C)C4)c3Cl)nn3c(C#N)cnc23)C2CC2)cc1. The van der Waals surface area contributed by atoms with Gasteiger partial charge in [0.25, 0.3) is 0 Å². The lowest BCUT2D eigenvalue weighted by Crippen LogP contribution is -2.61. The van der Waals surface area contributed by atoms with Crippen LogP contribution >= 0.6 is 11.6 Å². The Morgan fingerprint density at radius 3 is 2.35 bits per heavy atom. The summed E-state index contributed by atoms with van der Waals surface area (Å²) in [4.78, 5) is 25.7. The Morgan fingerprint density at radius 1 is 1.07 bits per heavy atom. The van der Waals surface area contributed by atoms with Crippen LogP contribution in [0.5, 0.6) is 5.75 Å². The molecule has 2 atom stereocenters. The summed E-state index contributed by atoms with van der Waals surface area (Å²) >= 11 is 7.22. The van der Waals surface area contributed by atoms with Gasteiger partial charge < -0.3 is 34.7 Å². The number of benzene rings is 2. The number of nitrogens with one attached hydrogen (secondary N) is 2. The van der Waals surface area contributed by atoms with E-state index in [2.05, 4.69) is 84.2 Å². The third-order valence-corrected chi connectivity index (χ3v) is 17.5. The van der Waals surface area contributed by atoms with Crippen LogP contribution in [-0.4, -0.2) is 77.5 Å². The molecule has 2 fully saturated rings. The number of carboxylic acid groups (broad SMARTS) is 1. The Morgan fingerprint density at radius 2 is 1.76 bits per heavy atom. The van der Waals surface area contributed by atoms with Gasteiger partial charge in [-0.3, -0.25) is 0 Å². The second-order valence-corrected chi connectivity index (χ2v) is 21.1. The topological polar surface area (TPSA) is 177 Å². The van der Waals surface area contributed by atoms with E-state index >= 15 is 0 Å². The highest BCUT2D eigenvalue weighted by atomic mass is 35.5. The third kappa shape index (κ3) is 8.15. The number of imidazole rings is 1. The first-order valence-corrected chi connectivity index (χ1v) is 21.3. The van der Waals surface area contributed by atoms with Crippen LogP contribution < -0.4 is 25.2 Å². The number of hydrogen-bond donors (Lipinski definition) is 3. The van der Waals surface area contributed by atoms with E-state index in [4.69, 9.17) is 25.7 Å². The number of ether oxygens (including phenoxy) is 1. The first-order chi connectivity index (χ1) is 26.3. The fraction of sp³-hybridized carbons (Fsp3) is 0.487. The molecule has 1 aliphatic carbocycles. The molecule has 1 saturated heterocycles. The molecule has 55 heavy (non-hydrogen) atoms. The lowest BCUT2D eigenvalue weighted by molar-refractivity contribution is 0.111. The zero-order valence-corrected chi connectivity index (χ0v) is 34.1. The Labute approximate surface area is 328 Å². The van der Waals surface area contributed by atoms with Crippen LogP contribution in [0.15, 0.2) is 42.6 Å². The number of nitrogens with zero attached hydrogens (tertiary/aromatic N) is 8. The molecular weight excluding hydrogens is 736 g/mol. The predicted molar refractivity (Wildman–Crippen MR) is 215 cm³/mol. The number of amides is 1. The summed E-state index contributed by atoms with van der Waals surface area (Å²) < 4.78 is 14.0. The molecular formula is C39H49ClN10O4Si. The summed E-state index contributed by atoms with van der Waals surface area (Å²) in [5.74, 6) is 1.50. The number of fused-ring (bicyclic) bond motifs is 1. The fourth-order valence-electron chi connectivity index (χ4n) is 8.24. The number of halogens is 1. The fourth-order valence-corrected chi connectivity index (χ4v) is 14.1. The van der Waals surface area contributed by atoms with Crippen molar-refractivity contribution in [3.8, 4) is 17.9 Å². The molecule has 1 amide bonds. The molecule has 1 aliphatic heterocycles. The molecule has 2 aromatic carbocycles. The van der Waals surface area contributed by atoms with Crippen molar-refractivity contribution in [1.29, 1.82) is 10.5 Å². The normalized spacial score (nSPS) is 17.4. The number of carbonyl (C=O) groups is 1. The number of nitriles is 2. The van der Waals surface area contributed by atoms with Crippen LogP contribution in [0.4, 0.5) is 27.9 Å². The molecule has 0 spiro atoms. The maximum Gasteiger partial charge on any atom is 0.404 e. The largest absolute Gasteiger partial charge is 0.497 e. The zero-order chi connectivity index (χ0) is 39.6. The van der Waals surface area contributed by atoms with Crippen molar-refractivity contribution in [3.63, 3.8) is 0 Å². The lowest BCUT2D eigenvalue weighted by atomic mass is 10.0. The molecule has 3 N–H and O–H groups in total. The number of rotatable bonds is 14. The summed E-state index contributed by atoms with van der Waals surface area (Å²) in [6.07, 6.45) is 2.40. The Bertz CT molecular complexity index is 2090. The van der Waals surface area contributed by atoms with Gasteiger partial charge >= 0.3 is 6.09 Å². The van der Waals surface area contributed by atoms with Crippen molar-refractivity contribution in [2.45, 2.75) is 102 Å². The Balaban J connectivity index is 1.37. The van der Waals surface area contributed by atoms with Crippen molar-refractivity contribution in [1.82, 2.24) is 24.9 Å². The van der Waals surface area contributed by atoms with Crippen LogP contribution in [-0.2, 0) is 11.0 Å². The van der Waals surface area contributed by atoms with E-state index in [9.17, 15) is 20.4 Å². The molecule has 16 heteroatoms. The number of anilines is 4. The molecule has 0 bridgehead atoms. The minimum Gasteiger partial charge on any atom is -0.497 e. The summed E-state index contributed by atoms with van der Waals surface area (Å²) in [5.41, 5.74) is 4.01. The third-order valence-electron chi connectivity index (χ3n) is 10.9. The first-order valence-electron chi connectivity index (χ1n) is 18.8. The maximum absolute atomic E-state index is 11.9.